The monoisotopic (exact) mass is 457 g/mol. The molecule has 0 aromatic heterocycles. The van der Waals surface area contributed by atoms with Gasteiger partial charge in [-0.1, -0.05) is 30.3 Å². The minimum atomic E-state index is -0.538. The summed E-state index contributed by atoms with van der Waals surface area (Å²) in [7, 11) is 0. The summed E-state index contributed by atoms with van der Waals surface area (Å²) in [5.41, 5.74) is 1.39. The van der Waals surface area contributed by atoms with Gasteiger partial charge in [-0.15, -0.1) is 0 Å². The number of esters is 1. The highest BCUT2D eigenvalue weighted by atomic mass is 19.1. The van der Waals surface area contributed by atoms with E-state index in [0.717, 1.165) is 12.0 Å². The first-order valence-electron chi connectivity index (χ1n) is 11.1. The van der Waals surface area contributed by atoms with Gasteiger partial charge in [0.25, 0.3) is 0 Å². The summed E-state index contributed by atoms with van der Waals surface area (Å²) in [5, 5.41) is 5.69. The molecule has 7 nitrogen and oxygen atoms in total. The molecule has 0 radical (unpaired) electrons. The zero-order valence-electron chi connectivity index (χ0n) is 19.4. The number of benzene rings is 2. The number of hydrogen-bond donors (Lipinski definition) is 2. The Kier molecular flexibility index (Phi) is 8.14. The molecule has 2 aromatic rings. The number of alkyl carbamates (subject to hydrolysis) is 1. The van der Waals surface area contributed by atoms with Crippen molar-refractivity contribution in [3.8, 4) is 0 Å². The first-order chi connectivity index (χ1) is 15.7. The number of nitrogens with zero attached hydrogens (tertiary/aromatic N) is 1. The molecule has 0 aliphatic carbocycles. The second-order valence-corrected chi connectivity index (χ2v) is 9.15. The zero-order chi connectivity index (χ0) is 23.8. The topological polar surface area (TPSA) is 79.9 Å². The van der Waals surface area contributed by atoms with E-state index in [9.17, 15) is 14.0 Å². The van der Waals surface area contributed by atoms with Gasteiger partial charge in [0.1, 0.15) is 24.6 Å². The second-order valence-electron chi connectivity index (χ2n) is 9.15. The van der Waals surface area contributed by atoms with E-state index in [-0.39, 0.29) is 24.9 Å². The Bertz CT molecular complexity index is 946. The standard InChI is InChI=1S/C25H32FN3O4/c1-25(2,3)33-24(31)28-14-19-11-12-29(16-19)22-10-9-20(13-21(22)26)27-15-23(30)32-17-18-7-5-4-6-8-18/h4-10,13,19,27H,11-12,14-17H2,1-3H3,(H,28,31)/t19-/m1/s1. The summed E-state index contributed by atoms with van der Waals surface area (Å²) >= 11 is 0. The highest BCUT2D eigenvalue weighted by Crippen LogP contribution is 2.28. The molecule has 8 heteroatoms. The SMILES string of the molecule is CC(C)(C)OC(=O)NC[C@H]1CCN(c2ccc(NCC(=O)OCc3ccccc3)cc2F)C1. The summed E-state index contributed by atoms with van der Waals surface area (Å²) < 4.78 is 25.2. The molecule has 0 saturated carbocycles. The quantitative estimate of drug-likeness (QED) is 0.575. The molecule has 1 atom stereocenters. The molecule has 0 bridgehead atoms. The number of amides is 1. The predicted octanol–water partition coefficient (Wildman–Crippen LogP) is 4.33. The first-order valence-corrected chi connectivity index (χ1v) is 11.1. The number of carbonyl (C=O) groups excluding carboxylic acids is 2. The largest absolute Gasteiger partial charge is 0.460 e. The van der Waals surface area contributed by atoms with Crippen LogP contribution in [0.15, 0.2) is 48.5 Å². The number of carbonyl (C=O) groups is 2. The Morgan fingerprint density at radius 1 is 1.15 bits per heavy atom. The van der Waals surface area contributed by atoms with Gasteiger partial charge in [0.2, 0.25) is 0 Å². The summed E-state index contributed by atoms with van der Waals surface area (Å²) in [6.07, 6.45) is 0.410. The molecular formula is C25H32FN3O4. The van der Waals surface area contributed by atoms with Gasteiger partial charge in [-0.25, -0.2) is 9.18 Å². The van der Waals surface area contributed by atoms with E-state index in [1.54, 1.807) is 12.1 Å². The van der Waals surface area contributed by atoms with Crippen molar-refractivity contribution in [2.24, 2.45) is 5.92 Å². The van der Waals surface area contributed by atoms with Crippen LogP contribution in [0.1, 0.15) is 32.8 Å². The third-order valence-corrected chi connectivity index (χ3v) is 5.19. The normalized spacial score (nSPS) is 15.8. The lowest BCUT2D eigenvalue weighted by molar-refractivity contribution is -0.142. The average molecular weight is 458 g/mol. The Morgan fingerprint density at radius 2 is 1.91 bits per heavy atom. The highest BCUT2D eigenvalue weighted by Gasteiger charge is 2.26. The van der Waals surface area contributed by atoms with E-state index in [4.69, 9.17) is 9.47 Å². The minimum Gasteiger partial charge on any atom is -0.460 e. The Hall–Kier alpha value is -3.29. The van der Waals surface area contributed by atoms with Gasteiger partial charge in [0.15, 0.2) is 0 Å². The summed E-state index contributed by atoms with van der Waals surface area (Å²) in [4.78, 5) is 25.7. The van der Waals surface area contributed by atoms with Crippen LogP contribution in [0.25, 0.3) is 0 Å². The van der Waals surface area contributed by atoms with Crippen molar-refractivity contribution in [1.29, 1.82) is 0 Å². The molecule has 3 rings (SSSR count). The number of nitrogens with one attached hydrogen (secondary N) is 2. The molecule has 33 heavy (non-hydrogen) atoms. The van der Waals surface area contributed by atoms with Crippen molar-refractivity contribution < 1.29 is 23.5 Å². The van der Waals surface area contributed by atoms with E-state index in [1.165, 1.54) is 6.07 Å². The number of rotatable bonds is 8. The summed E-state index contributed by atoms with van der Waals surface area (Å²) in [5.74, 6) is -0.560. The van der Waals surface area contributed by atoms with E-state index in [1.807, 2.05) is 56.0 Å². The van der Waals surface area contributed by atoms with Gasteiger partial charge in [-0.05, 0) is 56.9 Å². The fourth-order valence-electron chi connectivity index (χ4n) is 3.60. The summed E-state index contributed by atoms with van der Waals surface area (Å²) in [6, 6.07) is 14.3. The Morgan fingerprint density at radius 3 is 2.61 bits per heavy atom. The van der Waals surface area contributed by atoms with E-state index in [2.05, 4.69) is 10.6 Å². The zero-order valence-corrected chi connectivity index (χ0v) is 19.4. The lowest BCUT2D eigenvalue weighted by Gasteiger charge is -2.22. The maximum atomic E-state index is 14.7. The van der Waals surface area contributed by atoms with Crippen LogP contribution in [-0.2, 0) is 20.9 Å². The van der Waals surface area contributed by atoms with Gasteiger partial charge >= 0.3 is 12.1 Å². The van der Waals surface area contributed by atoms with E-state index in [0.29, 0.717) is 31.0 Å². The molecule has 1 aliphatic rings. The molecule has 0 spiro atoms. The summed E-state index contributed by atoms with van der Waals surface area (Å²) in [6.45, 7) is 7.44. The second kappa shape index (κ2) is 11.0. The van der Waals surface area contributed by atoms with Gasteiger partial charge in [0.05, 0.1) is 5.69 Å². The molecule has 0 unspecified atom stereocenters. The van der Waals surface area contributed by atoms with Crippen molar-refractivity contribution in [3.63, 3.8) is 0 Å². The van der Waals surface area contributed by atoms with Crippen LogP contribution in [-0.4, -0.2) is 43.8 Å². The lowest BCUT2D eigenvalue weighted by Crippen LogP contribution is -2.36. The van der Waals surface area contributed by atoms with E-state index < -0.39 is 17.7 Å². The fourth-order valence-corrected chi connectivity index (χ4v) is 3.60. The Balaban J connectivity index is 1.43. The third-order valence-electron chi connectivity index (χ3n) is 5.19. The maximum Gasteiger partial charge on any atom is 0.407 e. The van der Waals surface area contributed by atoms with Gasteiger partial charge in [-0.3, -0.25) is 4.79 Å². The van der Waals surface area contributed by atoms with E-state index >= 15 is 0 Å². The fraction of sp³-hybridized carbons (Fsp3) is 0.440. The minimum absolute atomic E-state index is 0.0479. The van der Waals surface area contributed by atoms with Crippen LogP contribution >= 0.6 is 0 Å². The highest BCUT2D eigenvalue weighted by molar-refractivity contribution is 5.75. The van der Waals surface area contributed by atoms with Gasteiger partial charge < -0.3 is 25.0 Å². The lowest BCUT2D eigenvalue weighted by atomic mass is 10.1. The molecule has 178 valence electrons. The van der Waals surface area contributed by atoms with Crippen LogP contribution in [0.3, 0.4) is 0 Å². The van der Waals surface area contributed by atoms with Crippen LogP contribution in [0.4, 0.5) is 20.6 Å². The first kappa shape index (κ1) is 24.4. The molecule has 1 heterocycles. The molecule has 1 fully saturated rings. The number of halogens is 1. The van der Waals surface area contributed by atoms with Crippen LogP contribution < -0.4 is 15.5 Å². The van der Waals surface area contributed by atoms with Crippen LogP contribution in [0, 0.1) is 11.7 Å². The van der Waals surface area contributed by atoms with Crippen molar-refractivity contribution in [2.45, 2.75) is 39.4 Å². The number of anilines is 2. The molecule has 1 aliphatic heterocycles. The smallest absolute Gasteiger partial charge is 0.407 e. The molecule has 2 N–H and O–H groups in total. The van der Waals surface area contributed by atoms with Gasteiger partial charge in [0, 0.05) is 25.3 Å². The molecule has 1 amide bonds. The number of ether oxygens (including phenoxy) is 2. The van der Waals surface area contributed by atoms with Gasteiger partial charge in [-0.2, -0.15) is 0 Å². The van der Waals surface area contributed by atoms with Crippen molar-refractivity contribution >= 4 is 23.4 Å². The average Bonchev–Trinajstić information content (AvgIpc) is 3.23. The predicted molar refractivity (Wildman–Crippen MR) is 126 cm³/mol. The molecule has 1 saturated heterocycles. The van der Waals surface area contributed by atoms with Crippen molar-refractivity contribution in [1.82, 2.24) is 5.32 Å². The van der Waals surface area contributed by atoms with Crippen LogP contribution in [0.2, 0.25) is 0 Å². The molecule has 2 aromatic carbocycles. The van der Waals surface area contributed by atoms with Crippen molar-refractivity contribution in [3.05, 3.63) is 59.9 Å². The van der Waals surface area contributed by atoms with Crippen molar-refractivity contribution in [2.75, 3.05) is 36.4 Å². The Labute approximate surface area is 194 Å². The number of hydrogen-bond acceptors (Lipinski definition) is 6. The third kappa shape index (κ3) is 7.97. The molecular weight excluding hydrogens is 425 g/mol. The maximum absolute atomic E-state index is 14.7. The van der Waals surface area contributed by atoms with Crippen LogP contribution in [0.5, 0.6) is 0 Å².